The quantitative estimate of drug-likeness (QED) is 0.269. The highest BCUT2D eigenvalue weighted by atomic mass is 16.2. The van der Waals surface area contributed by atoms with Crippen LogP contribution < -0.4 is 16.0 Å². The van der Waals surface area contributed by atoms with E-state index in [2.05, 4.69) is 20.9 Å². The Kier molecular flexibility index (Phi) is 8.69. The van der Waals surface area contributed by atoms with Crippen molar-refractivity contribution in [2.75, 3.05) is 6.54 Å². The molecule has 0 saturated carbocycles. The van der Waals surface area contributed by atoms with E-state index >= 15 is 0 Å². The van der Waals surface area contributed by atoms with Crippen LogP contribution in [0.2, 0.25) is 0 Å². The number of amides is 4. The number of carbonyl (C=O) groups is 4. The molecule has 4 aromatic rings. The Morgan fingerprint density at radius 1 is 0.733 bits per heavy atom. The first kappa shape index (κ1) is 30.1. The first-order chi connectivity index (χ1) is 21.8. The number of hydrogen-bond donors (Lipinski definition) is 4. The summed E-state index contributed by atoms with van der Waals surface area (Å²) in [5.74, 6) is -1.96. The molecule has 3 aromatic carbocycles. The Morgan fingerprint density at radius 2 is 1.33 bits per heavy atom. The van der Waals surface area contributed by atoms with Crippen LogP contribution in [-0.2, 0) is 32.0 Å². The maximum absolute atomic E-state index is 14.3. The number of benzene rings is 3. The molecule has 9 nitrogen and oxygen atoms in total. The van der Waals surface area contributed by atoms with E-state index in [0.717, 1.165) is 27.6 Å². The minimum Gasteiger partial charge on any atom is -0.361 e. The van der Waals surface area contributed by atoms with Crippen LogP contribution in [0, 0.1) is 5.92 Å². The molecule has 45 heavy (non-hydrogen) atoms. The van der Waals surface area contributed by atoms with Gasteiger partial charge >= 0.3 is 0 Å². The van der Waals surface area contributed by atoms with E-state index in [1.807, 2.05) is 105 Å². The second-order valence-corrected chi connectivity index (χ2v) is 12.4. The van der Waals surface area contributed by atoms with E-state index in [1.54, 1.807) is 4.90 Å². The molecule has 4 amide bonds. The van der Waals surface area contributed by atoms with Gasteiger partial charge in [0.1, 0.15) is 24.2 Å². The topological polar surface area (TPSA) is 123 Å². The van der Waals surface area contributed by atoms with E-state index in [-0.39, 0.29) is 30.6 Å². The predicted octanol–water partition coefficient (Wildman–Crippen LogP) is 3.46. The van der Waals surface area contributed by atoms with Crippen molar-refractivity contribution in [1.82, 2.24) is 25.8 Å². The number of hydrogen-bond acceptors (Lipinski definition) is 4. The summed E-state index contributed by atoms with van der Waals surface area (Å²) in [5, 5.41) is 9.92. The van der Waals surface area contributed by atoms with E-state index < -0.39 is 41.9 Å². The Bertz CT molecular complexity index is 1690. The zero-order chi connectivity index (χ0) is 31.5. The molecule has 2 aliphatic heterocycles. The van der Waals surface area contributed by atoms with Crippen LogP contribution in [0.4, 0.5) is 0 Å². The van der Waals surface area contributed by atoms with Crippen molar-refractivity contribution in [3.05, 3.63) is 108 Å². The molecule has 9 heteroatoms. The second-order valence-electron chi connectivity index (χ2n) is 12.4. The van der Waals surface area contributed by atoms with Gasteiger partial charge in [0.15, 0.2) is 0 Å². The van der Waals surface area contributed by atoms with Crippen molar-refractivity contribution < 1.29 is 19.2 Å². The van der Waals surface area contributed by atoms with Gasteiger partial charge in [-0.15, -0.1) is 0 Å². The number of H-pyrrole nitrogens is 1. The average molecular weight is 606 g/mol. The Labute approximate surface area is 262 Å². The number of aromatic nitrogens is 1. The maximum Gasteiger partial charge on any atom is 0.246 e. The molecule has 6 atom stereocenters. The third-order valence-corrected chi connectivity index (χ3v) is 9.10. The number of nitrogens with one attached hydrogen (secondary N) is 4. The molecule has 2 saturated heterocycles. The van der Waals surface area contributed by atoms with E-state index in [9.17, 15) is 19.2 Å². The molecule has 2 fully saturated rings. The number of fused-ring (bicyclic) bond motifs is 2. The van der Waals surface area contributed by atoms with Crippen molar-refractivity contribution in [2.24, 2.45) is 5.92 Å². The fraction of sp³-hybridized carbons (Fsp3) is 0.333. The Balaban J connectivity index is 1.40. The normalized spacial score (nSPS) is 25.0. The largest absolute Gasteiger partial charge is 0.361 e. The molecule has 1 unspecified atom stereocenters. The summed E-state index contributed by atoms with van der Waals surface area (Å²) in [5.41, 5.74) is 3.52. The standard InChI is InChI=1S/C36H39N5O4/c1-22-17-31-34(43)38-29(18-24-11-5-3-6-12-24)33(42)40-32(23(2)27-20-37-28-16-10-9-15-26(27)28)35(44)39-30(36(45)41(31)21-22)19-25-13-7-4-8-14-25/h3-16,20,22-23,29-32,37H,17-19,21H2,1-2H3,(H,38,43)(H,39,44)(H,40,42)/t22-,23?,29-,30-,31+,32+/m0/s1. The first-order valence-electron chi connectivity index (χ1n) is 15.6. The lowest BCUT2D eigenvalue weighted by Gasteiger charge is -2.33. The van der Waals surface area contributed by atoms with Gasteiger partial charge in [-0.3, -0.25) is 19.2 Å². The molecular formula is C36H39N5O4. The van der Waals surface area contributed by atoms with Crippen molar-refractivity contribution in [2.45, 2.75) is 63.2 Å². The summed E-state index contributed by atoms with van der Waals surface area (Å²) < 4.78 is 0. The van der Waals surface area contributed by atoms with Crippen molar-refractivity contribution in [3.63, 3.8) is 0 Å². The molecule has 0 aliphatic carbocycles. The zero-order valence-electron chi connectivity index (χ0n) is 25.5. The van der Waals surface area contributed by atoms with Gasteiger partial charge in [0.05, 0.1) is 0 Å². The molecule has 2 aliphatic rings. The average Bonchev–Trinajstić information content (AvgIpc) is 3.66. The lowest BCUT2D eigenvalue weighted by molar-refractivity contribution is -0.143. The monoisotopic (exact) mass is 605 g/mol. The lowest BCUT2D eigenvalue weighted by atomic mass is 9.91. The number of rotatable bonds is 6. The molecule has 4 N–H and O–H groups in total. The third-order valence-electron chi connectivity index (χ3n) is 9.10. The Hall–Kier alpha value is -4.92. The number of aromatic amines is 1. The summed E-state index contributed by atoms with van der Waals surface area (Å²) >= 11 is 0. The Morgan fingerprint density at radius 3 is 2.02 bits per heavy atom. The summed E-state index contributed by atoms with van der Waals surface area (Å²) in [6.07, 6.45) is 2.82. The van der Waals surface area contributed by atoms with Gasteiger partial charge in [0.2, 0.25) is 23.6 Å². The van der Waals surface area contributed by atoms with Crippen LogP contribution in [0.1, 0.15) is 42.9 Å². The van der Waals surface area contributed by atoms with Crippen molar-refractivity contribution in [1.29, 1.82) is 0 Å². The van der Waals surface area contributed by atoms with Gasteiger partial charge in [-0.05, 0) is 35.1 Å². The lowest BCUT2D eigenvalue weighted by Crippen LogP contribution is -2.62. The maximum atomic E-state index is 14.3. The van der Waals surface area contributed by atoms with Crippen LogP contribution in [0.15, 0.2) is 91.1 Å². The fourth-order valence-corrected chi connectivity index (χ4v) is 6.70. The highest BCUT2D eigenvalue weighted by molar-refractivity contribution is 5.98. The molecule has 6 rings (SSSR count). The minimum atomic E-state index is -1.02. The number of para-hydroxylation sites is 1. The van der Waals surface area contributed by atoms with Gasteiger partial charge < -0.3 is 25.8 Å². The fourth-order valence-electron chi connectivity index (χ4n) is 6.70. The molecule has 1 aromatic heterocycles. The number of carbonyl (C=O) groups excluding carboxylic acids is 4. The zero-order valence-corrected chi connectivity index (χ0v) is 25.5. The van der Waals surface area contributed by atoms with Gasteiger partial charge in [-0.2, -0.15) is 0 Å². The summed E-state index contributed by atoms with van der Waals surface area (Å²) in [6, 6.07) is 23.1. The van der Waals surface area contributed by atoms with Crippen LogP contribution in [0.25, 0.3) is 10.9 Å². The molecular weight excluding hydrogens is 566 g/mol. The molecule has 232 valence electrons. The van der Waals surface area contributed by atoms with Crippen LogP contribution >= 0.6 is 0 Å². The van der Waals surface area contributed by atoms with Crippen molar-refractivity contribution in [3.8, 4) is 0 Å². The number of nitrogens with zero attached hydrogens (tertiary/aromatic N) is 1. The molecule has 0 bridgehead atoms. The van der Waals surface area contributed by atoms with Gasteiger partial charge in [-0.1, -0.05) is 92.7 Å². The van der Waals surface area contributed by atoms with Gasteiger partial charge in [-0.25, -0.2) is 0 Å². The smallest absolute Gasteiger partial charge is 0.246 e. The van der Waals surface area contributed by atoms with Crippen LogP contribution in [-0.4, -0.2) is 64.2 Å². The van der Waals surface area contributed by atoms with Gasteiger partial charge in [0.25, 0.3) is 0 Å². The van der Waals surface area contributed by atoms with Crippen LogP contribution in [0.5, 0.6) is 0 Å². The second kappa shape index (κ2) is 13.0. The SMILES string of the molecule is CC(c1c[nH]c2ccccc12)[C@H]1NC(=O)[C@H](Cc2ccccc2)NC(=O)[C@H]2C[C@H](C)CN2C(=O)[C@H](Cc2ccccc2)NC1=O. The third kappa shape index (κ3) is 6.48. The van der Waals surface area contributed by atoms with E-state index in [1.165, 1.54) is 0 Å². The minimum absolute atomic E-state index is 0.0824. The molecule has 0 spiro atoms. The summed E-state index contributed by atoms with van der Waals surface area (Å²) in [7, 11) is 0. The molecule has 0 radical (unpaired) electrons. The predicted molar refractivity (Wildman–Crippen MR) is 172 cm³/mol. The van der Waals surface area contributed by atoms with Gasteiger partial charge in [0, 0.05) is 42.4 Å². The summed E-state index contributed by atoms with van der Waals surface area (Å²) in [6.45, 7) is 4.29. The highest BCUT2D eigenvalue weighted by Gasteiger charge is 2.43. The molecule has 3 heterocycles. The van der Waals surface area contributed by atoms with E-state index in [4.69, 9.17) is 0 Å². The van der Waals surface area contributed by atoms with E-state index in [0.29, 0.717) is 13.0 Å². The summed E-state index contributed by atoms with van der Waals surface area (Å²) in [4.78, 5) is 61.3. The highest BCUT2D eigenvalue weighted by Crippen LogP contribution is 2.29. The first-order valence-corrected chi connectivity index (χ1v) is 15.6. The van der Waals surface area contributed by atoms with Crippen molar-refractivity contribution >= 4 is 34.5 Å². The van der Waals surface area contributed by atoms with Crippen LogP contribution in [0.3, 0.4) is 0 Å².